The molecule has 0 spiro atoms. The zero-order chi connectivity index (χ0) is 28.6. The largest absolute Gasteiger partial charge is 0.478 e. The number of carbonyl (C=O) groups is 2. The molecule has 208 valence electrons. The first-order valence-electron chi connectivity index (χ1n) is 13.2. The Balaban J connectivity index is 1.27. The lowest BCUT2D eigenvalue weighted by molar-refractivity contribution is 0.0623. The van der Waals surface area contributed by atoms with E-state index in [0.29, 0.717) is 55.5 Å². The minimum absolute atomic E-state index is 0.147. The fourth-order valence-electron chi connectivity index (χ4n) is 5.19. The summed E-state index contributed by atoms with van der Waals surface area (Å²) in [6, 6.07) is 15.0. The average Bonchev–Trinajstić information content (AvgIpc) is 3.29. The number of rotatable bonds is 7. The van der Waals surface area contributed by atoms with Crippen molar-refractivity contribution in [2.24, 2.45) is 0 Å². The van der Waals surface area contributed by atoms with Crippen molar-refractivity contribution in [3.8, 4) is 0 Å². The maximum atomic E-state index is 14.8. The van der Waals surface area contributed by atoms with Crippen LogP contribution in [0.3, 0.4) is 0 Å². The number of aromatic carboxylic acids is 1. The summed E-state index contributed by atoms with van der Waals surface area (Å²) in [6.45, 7) is 7.58. The molecule has 0 bridgehead atoms. The second kappa shape index (κ2) is 11.3. The van der Waals surface area contributed by atoms with Crippen molar-refractivity contribution < 1.29 is 19.1 Å². The number of piperazine rings is 1. The molecular weight excluding hydrogens is 533 g/mol. The molecule has 1 aliphatic heterocycles. The Labute approximate surface area is 237 Å². The molecule has 1 saturated heterocycles. The van der Waals surface area contributed by atoms with E-state index in [4.69, 9.17) is 16.6 Å². The maximum Gasteiger partial charge on any atom is 0.335 e. The third kappa shape index (κ3) is 5.39. The number of anilines is 2. The zero-order valence-electron chi connectivity index (χ0n) is 22.7. The third-order valence-electron chi connectivity index (χ3n) is 7.43. The highest BCUT2D eigenvalue weighted by Gasteiger charge is 2.25. The summed E-state index contributed by atoms with van der Waals surface area (Å²) in [7, 11) is 1.73. The molecule has 1 aromatic heterocycles. The van der Waals surface area contributed by atoms with Gasteiger partial charge in [0.1, 0.15) is 11.6 Å². The summed E-state index contributed by atoms with van der Waals surface area (Å²) in [5.41, 5.74) is 4.15. The van der Waals surface area contributed by atoms with Crippen LogP contribution in [0.2, 0.25) is 5.02 Å². The van der Waals surface area contributed by atoms with Gasteiger partial charge in [-0.3, -0.25) is 9.69 Å². The number of benzene rings is 3. The lowest BCUT2D eigenvalue weighted by atomic mass is 10.1. The van der Waals surface area contributed by atoms with Crippen molar-refractivity contribution in [1.82, 2.24) is 19.4 Å². The van der Waals surface area contributed by atoms with Crippen molar-refractivity contribution in [2.45, 2.75) is 26.9 Å². The number of aromatic nitrogens is 2. The molecule has 3 aromatic carbocycles. The minimum atomic E-state index is -0.966. The molecule has 1 fully saturated rings. The van der Waals surface area contributed by atoms with E-state index in [-0.39, 0.29) is 17.2 Å². The summed E-state index contributed by atoms with van der Waals surface area (Å²) < 4.78 is 16.9. The summed E-state index contributed by atoms with van der Waals surface area (Å²) in [4.78, 5) is 35.2. The average molecular weight is 564 g/mol. The van der Waals surface area contributed by atoms with Gasteiger partial charge in [0.2, 0.25) is 0 Å². The molecule has 1 amide bonds. The molecule has 8 nitrogen and oxygen atoms in total. The van der Waals surface area contributed by atoms with Gasteiger partial charge in [-0.05, 0) is 67.9 Å². The fourth-order valence-corrected chi connectivity index (χ4v) is 5.55. The van der Waals surface area contributed by atoms with Gasteiger partial charge in [-0.2, -0.15) is 0 Å². The number of amides is 1. The van der Waals surface area contributed by atoms with Gasteiger partial charge in [-0.1, -0.05) is 17.7 Å². The number of carbonyl (C=O) groups excluding carboxylic acids is 1. The van der Waals surface area contributed by atoms with E-state index in [2.05, 4.69) is 4.90 Å². The number of nitrogens with zero attached hydrogens (tertiary/aromatic N) is 5. The van der Waals surface area contributed by atoms with E-state index in [1.807, 2.05) is 36.6 Å². The van der Waals surface area contributed by atoms with Crippen LogP contribution in [0.4, 0.5) is 15.8 Å². The number of aryl methyl sites for hydroxylation is 2. The van der Waals surface area contributed by atoms with E-state index in [1.165, 1.54) is 12.1 Å². The number of imidazole rings is 1. The predicted octanol–water partition coefficient (Wildman–Crippen LogP) is 5.58. The first-order chi connectivity index (χ1) is 19.2. The van der Waals surface area contributed by atoms with Gasteiger partial charge in [-0.15, -0.1) is 0 Å². The first kappa shape index (κ1) is 27.6. The van der Waals surface area contributed by atoms with Crippen LogP contribution >= 0.6 is 11.6 Å². The van der Waals surface area contributed by atoms with E-state index < -0.39 is 11.8 Å². The molecule has 0 saturated carbocycles. The minimum Gasteiger partial charge on any atom is -0.478 e. The van der Waals surface area contributed by atoms with Crippen LogP contribution < -0.4 is 4.90 Å². The van der Waals surface area contributed by atoms with Crippen molar-refractivity contribution in [3.63, 3.8) is 0 Å². The Morgan fingerprint density at radius 2 is 1.73 bits per heavy atom. The molecule has 4 aromatic rings. The smallest absolute Gasteiger partial charge is 0.335 e. The van der Waals surface area contributed by atoms with E-state index >= 15 is 0 Å². The molecule has 0 aliphatic carbocycles. The van der Waals surface area contributed by atoms with Gasteiger partial charge in [0.05, 0.1) is 39.5 Å². The topological polar surface area (TPSA) is 81.9 Å². The Morgan fingerprint density at radius 3 is 2.40 bits per heavy atom. The molecule has 0 radical (unpaired) electrons. The molecule has 40 heavy (non-hydrogen) atoms. The van der Waals surface area contributed by atoms with Crippen molar-refractivity contribution >= 4 is 45.9 Å². The van der Waals surface area contributed by atoms with Gasteiger partial charge < -0.3 is 19.5 Å². The quantitative estimate of drug-likeness (QED) is 0.316. The highest BCUT2D eigenvalue weighted by Crippen LogP contribution is 2.33. The monoisotopic (exact) mass is 563 g/mol. The van der Waals surface area contributed by atoms with Gasteiger partial charge >= 0.3 is 5.97 Å². The lowest BCUT2D eigenvalue weighted by Crippen LogP contribution is -2.48. The first-order valence-corrected chi connectivity index (χ1v) is 13.6. The van der Waals surface area contributed by atoms with Gasteiger partial charge in [0.25, 0.3) is 5.91 Å². The standard InChI is InChI=1S/C30H31ClFN5O3/c1-4-37-27-17-21(30(39)40)7-9-24(27)33-28(37)18-35-11-13-36(14-12-35)29(38)20-6-8-23(32)26(16-20)34(3)25-10-5-19(2)15-22(25)31/h5-10,15-17H,4,11-14,18H2,1-3H3,(H,39,40). The molecule has 1 aliphatic rings. The van der Waals surface area contributed by atoms with Crippen LogP contribution in [0.1, 0.15) is 39.0 Å². The van der Waals surface area contributed by atoms with Crippen LogP contribution in [-0.2, 0) is 13.1 Å². The summed E-state index contributed by atoms with van der Waals surface area (Å²) in [5.74, 6) is -0.686. The Hall–Kier alpha value is -3.95. The molecule has 0 atom stereocenters. The van der Waals surface area contributed by atoms with Crippen molar-refractivity contribution in [1.29, 1.82) is 0 Å². The Morgan fingerprint density at radius 1 is 1.00 bits per heavy atom. The maximum absolute atomic E-state index is 14.8. The molecule has 5 rings (SSSR count). The zero-order valence-corrected chi connectivity index (χ0v) is 23.5. The number of fused-ring (bicyclic) bond motifs is 1. The van der Waals surface area contributed by atoms with Crippen LogP contribution in [0.5, 0.6) is 0 Å². The van der Waals surface area contributed by atoms with E-state index in [9.17, 15) is 19.1 Å². The summed E-state index contributed by atoms with van der Waals surface area (Å²) in [5, 5.41) is 9.87. The Bertz CT molecular complexity index is 1600. The number of hydrogen-bond acceptors (Lipinski definition) is 5. The second-order valence-electron chi connectivity index (χ2n) is 10.0. The lowest BCUT2D eigenvalue weighted by Gasteiger charge is -2.34. The van der Waals surface area contributed by atoms with Crippen LogP contribution in [0.15, 0.2) is 54.6 Å². The van der Waals surface area contributed by atoms with Gasteiger partial charge in [0.15, 0.2) is 0 Å². The third-order valence-corrected chi connectivity index (χ3v) is 7.74. The summed E-state index contributed by atoms with van der Waals surface area (Å²) >= 11 is 6.41. The molecular formula is C30H31ClFN5O3. The normalized spacial score (nSPS) is 14.1. The Kier molecular flexibility index (Phi) is 7.78. The molecule has 0 unspecified atom stereocenters. The van der Waals surface area contributed by atoms with Crippen LogP contribution in [-0.4, -0.2) is 69.6 Å². The van der Waals surface area contributed by atoms with Crippen LogP contribution in [0, 0.1) is 12.7 Å². The van der Waals surface area contributed by atoms with Gasteiger partial charge in [-0.25, -0.2) is 14.2 Å². The highest BCUT2D eigenvalue weighted by atomic mass is 35.5. The number of hydrogen-bond donors (Lipinski definition) is 1. The fraction of sp³-hybridized carbons (Fsp3) is 0.300. The molecule has 2 heterocycles. The van der Waals surface area contributed by atoms with Crippen molar-refractivity contribution in [3.05, 3.63) is 88.0 Å². The number of halogens is 2. The predicted molar refractivity (Wildman–Crippen MR) is 154 cm³/mol. The number of carboxylic acids is 1. The second-order valence-corrected chi connectivity index (χ2v) is 10.4. The van der Waals surface area contributed by atoms with E-state index in [1.54, 1.807) is 41.1 Å². The highest BCUT2D eigenvalue weighted by molar-refractivity contribution is 6.33. The number of carboxylic acid groups (broad SMARTS) is 1. The van der Waals surface area contributed by atoms with Gasteiger partial charge in [0, 0.05) is 45.3 Å². The molecule has 10 heteroatoms. The summed E-state index contributed by atoms with van der Waals surface area (Å²) in [6.07, 6.45) is 0. The van der Waals surface area contributed by atoms with Crippen LogP contribution in [0.25, 0.3) is 11.0 Å². The van der Waals surface area contributed by atoms with E-state index in [0.717, 1.165) is 22.4 Å². The van der Waals surface area contributed by atoms with Crippen molar-refractivity contribution in [2.75, 3.05) is 38.1 Å². The SMILES string of the molecule is CCn1c(CN2CCN(C(=O)c3ccc(F)c(N(C)c4ccc(C)cc4Cl)c3)CC2)nc2ccc(C(=O)O)cc21. The molecule has 1 N–H and O–H groups in total.